The summed E-state index contributed by atoms with van der Waals surface area (Å²) in [5.41, 5.74) is 1.18. The van der Waals surface area contributed by atoms with E-state index in [0.717, 1.165) is 11.3 Å². The van der Waals surface area contributed by atoms with E-state index in [0.29, 0.717) is 11.6 Å². The molecular weight excluding hydrogens is 328 g/mol. The number of nitrogens with one attached hydrogen (secondary N) is 1. The first-order valence-electron chi connectivity index (χ1n) is 7.49. The minimum atomic E-state index is -0.371. The molecule has 128 valence electrons. The monoisotopic (exact) mass is 348 g/mol. The van der Waals surface area contributed by atoms with Gasteiger partial charge in [0.1, 0.15) is 11.5 Å². The fraction of sp³-hybridized carbons (Fsp3) is 0.278. The Kier molecular flexibility index (Phi) is 6.06. The zero-order valence-corrected chi connectivity index (χ0v) is 14.7. The molecule has 0 spiro atoms. The average Bonchev–Trinajstić information content (AvgIpc) is 2.57. The average molecular weight is 349 g/mol. The number of halogens is 1. The van der Waals surface area contributed by atoms with Crippen LogP contribution in [0.25, 0.3) is 0 Å². The van der Waals surface area contributed by atoms with Gasteiger partial charge in [-0.05, 0) is 50.0 Å². The number of carbonyl (C=O) groups excluding carboxylic acids is 1. The second kappa shape index (κ2) is 8.04. The number of hydrogen-bond acceptors (Lipinski definition) is 4. The number of amides is 1. The number of hydrogen-bond donors (Lipinski definition) is 2. The fourth-order valence-corrected chi connectivity index (χ4v) is 2.59. The predicted octanol–water partition coefficient (Wildman–Crippen LogP) is 3.09. The minimum absolute atomic E-state index is 0.0367. The number of carbonyl (C=O) groups is 1. The van der Waals surface area contributed by atoms with Crippen LogP contribution in [0.3, 0.4) is 0 Å². The number of ether oxygens (including phenoxy) is 1. The smallest absolute Gasteiger partial charge is 0.255 e. The number of methoxy groups -OCH3 is 1. The van der Waals surface area contributed by atoms with Crippen molar-refractivity contribution in [3.05, 3.63) is 58.6 Å². The molecule has 1 amide bonds. The zero-order valence-electron chi connectivity index (χ0n) is 13.9. The molecular formula is C18H21ClN2O3. The number of nitrogens with zero attached hydrogens (tertiary/aromatic N) is 1. The number of phenolic OH excluding ortho intramolecular Hbond substituents is 1. The van der Waals surface area contributed by atoms with Crippen molar-refractivity contribution in [2.24, 2.45) is 0 Å². The van der Waals surface area contributed by atoms with Crippen molar-refractivity contribution >= 4 is 17.5 Å². The van der Waals surface area contributed by atoms with E-state index in [9.17, 15) is 9.90 Å². The molecule has 2 aromatic carbocycles. The molecule has 6 heteroatoms. The van der Waals surface area contributed by atoms with Crippen LogP contribution in [-0.4, -0.2) is 43.7 Å². The van der Waals surface area contributed by atoms with Crippen LogP contribution in [0.1, 0.15) is 22.0 Å². The Labute approximate surface area is 146 Å². The Morgan fingerprint density at radius 3 is 2.71 bits per heavy atom. The molecule has 1 atom stereocenters. The normalized spacial score (nSPS) is 12.0. The van der Waals surface area contributed by atoms with Gasteiger partial charge in [-0.25, -0.2) is 0 Å². The van der Waals surface area contributed by atoms with Crippen LogP contribution in [0.2, 0.25) is 5.02 Å². The summed E-state index contributed by atoms with van der Waals surface area (Å²) in [6.45, 7) is 0.380. The van der Waals surface area contributed by atoms with E-state index in [-0.39, 0.29) is 23.3 Å². The SMILES string of the molecule is COc1cccc(C(CNC(=O)c2cc(Cl)ccc2O)N(C)C)c1. The van der Waals surface area contributed by atoms with E-state index in [1.165, 1.54) is 18.2 Å². The van der Waals surface area contributed by atoms with Crippen molar-refractivity contribution in [2.45, 2.75) is 6.04 Å². The Morgan fingerprint density at radius 2 is 2.04 bits per heavy atom. The highest BCUT2D eigenvalue weighted by Gasteiger charge is 2.18. The van der Waals surface area contributed by atoms with Crippen LogP contribution in [0.15, 0.2) is 42.5 Å². The third-order valence-electron chi connectivity index (χ3n) is 3.76. The van der Waals surface area contributed by atoms with Gasteiger partial charge >= 0.3 is 0 Å². The number of aromatic hydroxyl groups is 1. The lowest BCUT2D eigenvalue weighted by Gasteiger charge is -2.25. The summed E-state index contributed by atoms with van der Waals surface area (Å²) in [5, 5.41) is 13.1. The van der Waals surface area contributed by atoms with Crippen LogP contribution in [0.5, 0.6) is 11.5 Å². The molecule has 24 heavy (non-hydrogen) atoms. The zero-order chi connectivity index (χ0) is 17.7. The summed E-state index contributed by atoms with van der Waals surface area (Å²) in [6, 6.07) is 12.1. The molecule has 0 aliphatic heterocycles. The van der Waals surface area contributed by atoms with Crippen LogP contribution in [0.4, 0.5) is 0 Å². The van der Waals surface area contributed by atoms with E-state index in [1.54, 1.807) is 7.11 Å². The van der Waals surface area contributed by atoms with Gasteiger partial charge in [-0.2, -0.15) is 0 Å². The van der Waals surface area contributed by atoms with Crippen LogP contribution in [0, 0.1) is 0 Å². The van der Waals surface area contributed by atoms with Gasteiger partial charge in [0, 0.05) is 11.6 Å². The van der Waals surface area contributed by atoms with Crippen molar-refractivity contribution in [1.82, 2.24) is 10.2 Å². The molecule has 0 saturated heterocycles. The molecule has 5 nitrogen and oxygen atoms in total. The Morgan fingerprint density at radius 1 is 1.29 bits per heavy atom. The second-order valence-electron chi connectivity index (χ2n) is 5.63. The highest BCUT2D eigenvalue weighted by molar-refractivity contribution is 6.31. The summed E-state index contributed by atoms with van der Waals surface area (Å²) < 4.78 is 5.25. The summed E-state index contributed by atoms with van der Waals surface area (Å²) >= 11 is 5.89. The Hall–Kier alpha value is -2.24. The van der Waals surface area contributed by atoms with Gasteiger partial charge in [-0.3, -0.25) is 4.79 Å². The van der Waals surface area contributed by atoms with Gasteiger partial charge in [-0.1, -0.05) is 23.7 Å². The van der Waals surface area contributed by atoms with Gasteiger partial charge in [0.05, 0.1) is 18.7 Å². The number of likely N-dealkylation sites (N-methyl/N-ethyl adjacent to an activating group) is 1. The first-order valence-corrected chi connectivity index (χ1v) is 7.87. The van der Waals surface area contributed by atoms with Gasteiger partial charge < -0.3 is 20.1 Å². The highest BCUT2D eigenvalue weighted by Crippen LogP contribution is 2.24. The van der Waals surface area contributed by atoms with Gasteiger partial charge in [-0.15, -0.1) is 0 Å². The summed E-state index contributed by atoms with van der Waals surface area (Å²) in [4.78, 5) is 14.3. The minimum Gasteiger partial charge on any atom is -0.507 e. The highest BCUT2D eigenvalue weighted by atomic mass is 35.5. The molecule has 0 saturated carbocycles. The molecule has 2 N–H and O–H groups in total. The molecule has 0 radical (unpaired) electrons. The molecule has 2 rings (SSSR count). The van der Waals surface area contributed by atoms with E-state index in [2.05, 4.69) is 5.32 Å². The Bertz CT molecular complexity index is 719. The molecule has 2 aromatic rings. The van der Waals surface area contributed by atoms with Crippen molar-refractivity contribution in [3.63, 3.8) is 0 Å². The number of phenols is 1. The summed E-state index contributed by atoms with van der Waals surface area (Å²) in [6.07, 6.45) is 0. The second-order valence-corrected chi connectivity index (χ2v) is 6.06. The van der Waals surface area contributed by atoms with E-state index in [4.69, 9.17) is 16.3 Å². The standard InChI is InChI=1S/C18H21ClN2O3/c1-21(2)16(12-5-4-6-14(9-12)24-3)11-20-18(23)15-10-13(19)7-8-17(15)22/h4-10,16,22H,11H2,1-3H3,(H,20,23). The van der Waals surface area contributed by atoms with Crippen LogP contribution in [-0.2, 0) is 0 Å². The molecule has 0 aromatic heterocycles. The molecule has 0 heterocycles. The predicted molar refractivity (Wildman–Crippen MR) is 94.9 cm³/mol. The maximum Gasteiger partial charge on any atom is 0.255 e. The van der Waals surface area contributed by atoms with Crippen LogP contribution < -0.4 is 10.1 Å². The number of rotatable bonds is 6. The topological polar surface area (TPSA) is 61.8 Å². The summed E-state index contributed by atoms with van der Waals surface area (Å²) in [5.74, 6) is 0.294. The molecule has 0 aliphatic carbocycles. The summed E-state index contributed by atoms with van der Waals surface area (Å²) in [7, 11) is 5.49. The van der Waals surface area contributed by atoms with Crippen molar-refractivity contribution in [2.75, 3.05) is 27.7 Å². The molecule has 1 unspecified atom stereocenters. The van der Waals surface area contributed by atoms with Gasteiger partial charge in [0.25, 0.3) is 5.91 Å². The van der Waals surface area contributed by atoms with Crippen molar-refractivity contribution in [3.8, 4) is 11.5 Å². The van der Waals surface area contributed by atoms with Gasteiger partial charge in [0.15, 0.2) is 0 Å². The lowest BCUT2D eigenvalue weighted by atomic mass is 10.1. The van der Waals surface area contributed by atoms with E-state index in [1.807, 2.05) is 43.3 Å². The maximum absolute atomic E-state index is 12.3. The van der Waals surface area contributed by atoms with Crippen LogP contribution >= 0.6 is 11.6 Å². The first kappa shape index (κ1) is 18.1. The van der Waals surface area contributed by atoms with Gasteiger partial charge in [0.2, 0.25) is 0 Å². The Balaban J connectivity index is 2.14. The quantitative estimate of drug-likeness (QED) is 0.842. The van der Waals surface area contributed by atoms with Crippen molar-refractivity contribution < 1.29 is 14.6 Å². The number of benzene rings is 2. The largest absolute Gasteiger partial charge is 0.507 e. The lowest BCUT2D eigenvalue weighted by Crippen LogP contribution is -2.34. The third-order valence-corrected chi connectivity index (χ3v) is 4.00. The van der Waals surface area contributed by atoms with E-state index < -0.39 is 0 Å². The molecule has 0 fully saturated rings. The maximum atomic E-state index is 12.3. The lowest BCUT2D eigenvalue weighted by molar-refractivity contribution is 0.0939. The first-order chi connectivity index (χ1) is 11.4. The van der Waals surface area contributed by atoms with Crippen molar-refractivity contribution in [1.29, 1.82) is 0 Å². The molecule has 0 aliphatic rings. The third kappa shape index (κ3) is 4.40. The fourth-order valence-electron chi connectivity index (χ4n) is 2.42. The van der Waals surface area contributed by atoms with E-state index >= 15 is 0 Å². The molecule has 0 bridgehead atoms.